The van der Waals surface area contributed by atoms with Crippen molar-refractivity contribution in [3.63, 3.8) is 0 Å². The first-order valence-corrected chi connectivity index (χ1v) is 12.9. The maximum atomic E-state index is 14.1. The Labute approximate surface area is 232 Å². The van der Waals surface area contributed by atoms with Gasteiger partial charge in [0.05, 0.1) is 14.2 Å². The van der Waals surface area contributed by atoms with Gasteiger partial charge in [0.15, 0.2) is 0 Å². The zero-order valence-electron chi connectivity index (χ0n) is 22.8. The van der Waals surface area contributed by atoms with Crippen molar-refractivity contribution in [2.75, 3.05) is 27.9 Å². The molecule has 0 unspecified atom stereocenters. The summed E-state index contributed by atoms with van der Waals surface area (Å²) in [6.45, 7) is 0.467. The molecule has 0 saturated carbocycles. The number of benzene rings is 3. The van der Waals surface area contributed by atoms with Gasteiger partial charge in [0.2, 0.25) is 5.91 Å². The Balaban J connectivity index is 1.88. The van der Waals surface area contributed by atoms with Gasteiger partial charge >= 0.3 is 0 Å². The molecule has 3 aromatic rings. The van der Waals surface area contributed by atoms with E-state index in [4.69, 9.17) is 19.4 Å². The summed E-state index contributed by atoms with van der Waals surface area (Å²) in [6.07, 6.45) is 3.28. The van der Waals surface area contributed by atoms with Crippen LogP contribution in [0.4, 0.5) is 8.78 Å². The minimum atomic E-state index is -1.40. The highest BCUT2D eigenvalue weighted by Crippen LogP contribution is 2.47. The van der Waals surface area contributed by atoms with Crippen molar-refractivity contribution in [1.29, 1.82) is 0 Å². The van der Waals surface area contributed by atoms with E-state index in [9.17, 15) is 18.4 Å². The fourth-order valence-electron chi connectivity index (χ4n) is 4.69. The molecule has 0 heterocycles. The highest BCUT2D eigenvalue weighted by atomic mass is 19.1. The number of halogens is 2. The Morgan fingerprint density at radius 3 is 1.85 bits per heavy atom. The molecule has 0 aliphatic heterocycles. The van der Waals surface area contributed by atoms with Crippen LogP contribution in [-0.2, 0) is 15.1 Å². The van der Waals surface area contributed by atoms with Gasteiger partial charge in [-0.3, -0.25) is 14.8 Å². The van der Waals surface area contributed by atoms with Crippen molar-refractivity contribution in [3.05, 3.63) is 94.6 Å². The van der Waals surface area contributed by atoms with Gasteiger partial charge in [-0.15, -0.1) is 0 Å². The lowest BCUT2D eigenvalue weighted by molar-refractivity contribution is -0.129. The molecule has 3 N–H and O–H groups in total. The van der Waals surface area contributed by atoms with Crippen molar-refractivity contribution >= 4 is 11.8 Å². The quantitative estimate of drug-likeness (QED) is 0.110. The average Bonchev–Trinajstić information content (AvgIpc) is 2.98. The smallest absolute Gasteiger partial charge is 0.251 e. The van der Waals surface area contributed by atoms with Gasteiger partial charge in [-0.05, 0) is 54.8 Å². The van der Waals surface area contributed by atoms with Crippen LogP contribution >= 0.6 is 0 Å². The normalized spacial score (nSPS) is 11.2. The van der Waals surface area contributed by atoms with Crippen molar-refractivity contribution in [1.82, 2.24) is 10.8 Å². The summed E-state index contributed by atoms with van der Waals surface area (Å²) in [5.74, 6) is -1.24. The Kier molecular flexibility index (Phi) is 11.0. The highest BCUT2D eigenvalue weighted by molar-refractivity contribution is 5.94. The van der Waals surface area contributed by atoms with E-state index in [1.165, 1.54) is 57.7 Å². The third-order valence-electron chi connectivity index (χ3n) is 6.69. The molecule has 10 heteroatoms. The number of ether oxygens (including phenoxy) is 3. The van der Waals surface area contributed by atoms with Crippen LogP contribution in [0.5, 0.6) is 11.5 Å². The Morgan fingerprint density at radius 1 is 0.800 bits per heavy atom. The Hall–Kier alpha value is -4.02. The molecule has 8 nitrogen and oxygen atoms in total. The van der Waals surface area contributed by atoms with Crippen LogP contribution < -0.4 is 20.3 Å². The van der Waals surface area contributed by atoms with Gasteiger partial charge in [-0.25, -0.2) is 14.3 Å². The van der Waals surface area contributed by atoms with E-state index in [-0.39, 0.29) is 23.8 Å². The molecule has 3 aromatic carbocycles. The van der Waals surface area contributed by atoms with Crippen LogP contribution in [0.15, 0.2) is 60.7 Å². The predicted octanol–water partition coefficient (Wildman–Crippen LogP) is 5.11. The lowest BCUT2D eigenvalue weighted by Crippen LogP contribution is -2.33. The molecule has 0 spiro atoms. The Bertz CT molecular complexity index is 1250. The summed E-state index contributed by atoms with van der Waals surface area (Å²) in [7, 11) is 4.31. The standard InChI is InChI=1S/C30H34F2N2O6/c1-38-26-18-22(31)13-15-24(26)30(40-3,25-16-14-23(32)19-27(25)39-2)21-11-9-20(10-12-21)29(36)33-17-7-5-4-6-8-28(35)34-37/h9-16,18-19,37H,4-8,17H2,1-3H3,(H,33,36)(H,34,35). The number of nitrogens with one attached hydrogen (secondary N) is 2. The first kappa shape index (κ1) is 30.5. The molecular formula is C30H34F2N2O6. The molecule has 3 rings (SSSR count). The number of amides is 2. The number of unbranched alkanes of at least 4 members (excludes halogenated alkanes) is 3. The summed E-state index contributed by atoms with van der Waals surface area (Å²) < 4.78 is 45.4. The highest BCUT2D eigenvalue weighted by Gasteiger charge is 2.41. The van der Waals surface area contributed by atoms with Gasteiger partial charge in [-0.2, -0.15) is 0 Å². The minimum Gasteiger partial charge on any atom is -0.496 e. The van der Waals surface area contributed by atoms with Crippen molar-refractivity contribution in [2.24, 2.45) is 0 Å². The maximum absolute atomic E-state index is 14.1. The zero-order chi connectivity index (χ0) is 29.1. The second-order valence-electron chi connectivity index (χ2n) is 9.11. The van der Waals surface area contributed by atoms with Crippen LogP contribution in [-0.4, -0.2) is 44.9 Å². The molecular weight excluding hydrogens is 522 g/mol. The molecule has 0 aromatic heterocycles. The fraction of sp³-hybridized carbons (Fsp3) is 0.333. The summed E-state index contributed by atoms with van der Waals surface area (Å²) in [5.41, 5.74) is 2.11. The van der Waals surface area contributed by atoms with Crippen LogP contribution in [0.2, 0.25) is 0 Å². The average molecular weight is 557 g/mol. The van der Waals surface area contributed by atoms with Crippen molar-refractivity contribution < 1.29 is 37.8 Å². The van der Waals surface area contributed by atoms with Crippen LogP contribution in [0.25, 0.3) is 0 Å². The minimum absolute atomic E-state index is 0.215. The molecule has 0 atom stereocenters. The molecule has 2 amide bonds. The van der Waals surface area contributed by atoms with Gasteiger partial charge < -0.3 is 19.5 Å². The number of rotatable bonds is 14. The number of carbonyl (C=O) groups is 2. The van der Waals surface area contributed by atoms with Gasteiger partial charge in [-0.1, -0.05) is 25.0 Å². The number of hydrogen-bond acceptors (Lipinski definition) is 6. The molecule has 0 radical (unpaired) electrons. The first-order valence-electron chi connectivity index (χ1n) is 12.9. The molecule has 0 aliphatic carbocycles. The Morgan fingerprint density at radius 2 is 1.35 bits per heavy atom. The topological polar surface area (TPSA) is 106 Å². The van der Waals surface area contributed by atoms with E-state index in [0.717, 1.165) is 19.3 Å². The maximum Gasteiger partial charge on any atom is 0.251 e. The molecule has 0 saturated heterocycles. The molecule has 0 aliphatic rings. The van der Waals surface area contributed by atoms with Gasteiger partial charge in [0.1, 0.15) is 28.7 Å². The zero-order valence-corrected chi connectivity index (χ0v) is 22.8. The van der Waals surface area contributed by atoms with E-state index in [1.807, 2.05) is 0 Å². The molecule has 0 bridgehead atoms. The van der Waals surface area contributed by atoms with Gasteiger partial charge in [0, 0.05) is 48.9 Å². The number of carbonyl (C=O) groups excluding carboxylic acids is 2. The lowest BCUT2D eigenvalue weighted by Gasteiger charge is -2.36. The number of hydroxylamine groups is 1. The van der Waals surface area contributed by atoms with E-state index in [0.29, 0.717) is 35.2 Å². The van der Waals surface area contributed by atoms with E-state index in [1.54, 1.807) is 29.7 Å². The predicted molar refractivity (Wildman–Crippen MR) is 145 cm³/mol. The van der Waals surface area contributed by atoms with E-state index < -0.39 is 23.1 Å². The summed E-state index contributed by atoms with van der Waals surface area (Å²) in [4.78, 5) is 23.8. The summed E-state index contributed by atoms with van der Waals surface area (Å²) in [5, 5.41) is 11.4. The van der Waals surface area contributed by atoms with E-state index in [2.05, 4.69) is 5.32 Å². The molecule has 40 heavy (non-hydrogen) atoms. The second-order valence-corrected chi connectivity index (χ2v) is 9.11. The fourth-order valence-corrected chi connectivity index (χ4v) is 4.69. The third-order valence-corrected chi connectivity index (χ3v) is 6.69. The lowest BCUT2D eigenvalue weighted by atomic mass is 9.78. The monoisotopic (exact) mass is 556 g/mol. The van der Waals surface area contributed by atoms with Crippen LogP contribution in [0.3, 0.4) is 0 Å². The third kappa shape index (κ3) is 6.94. The second kappa shape index (κ2) is 14.4. The van der Waals surface area contributed by atoms with Crippen LogP contribution in [0, 0.1) is 11.6 Å². The summed E-state index contributed by atoms with van der Waals surface area (Å²) >= 11 is 0. The van der Waals surface area contributed by atoms with Crippen LogP contribution in [0.1, 0.15) is 59.2 Å². The van der Waals surface area contributed by atoms with Crippen molar-refractivity contribution in [3.8, 4) is 11.5 Å². The first-order chi connectivity index (χ1) is 19.3. The largest absolute Gasteiger partial charge is 0.496 e. The number of methoxy groups -OCH3 is 3. The van der Waals surface area contributed by atoms with Crippen molar-refractivity contribution in [2.45, 2.75) is 37.7 Å². The summed E-state index contributed by atoms with van der Waals surface area (Å²) in [6, 6.07) is 14.9. The van der Waals surface area contributed by atoms with E-state index >= 15 is 0 Å². The number of hydrogen-bond donors (Lipinski definition) is 3. The molecule has 214 valence electrons. The van der Waals surface area contributed by atoms with Gasteiger partial charge in [0.25, 0.3) is 5.91 Å². The molecule has 0 fully saturated rings. The SMILES string of the molecule is COc1cc(F)ccc1C(OC)(c1ccc(C(=O)NCCCCCCC(=O)NO)cc1)c1ccc(F)cc1OC.